The van der Waals surface area contributed by atoms with Crippen LogP contribution < -0.4 is 0 Å². The first-order valence-electron chi connectivity index (χ1n) is 5.83. The Morgan fingerprint density at radius 1 is 1.05 bits per heavy atom. The molecule has 1 aromatic carbocycles. The third-order valence-electron chi connectivity index (χ3n) is 3.37. The van der Waals surface area contributed by atoms with Crippen molar-refractivity contribution in [2.45, 2.75) is 18.8 Å². The number of fused-ring (bicyclic) bond motifs is 1. The SMILES string of the molecule is Fc1cc(F)c(C2CCc3c(Cl)nc(Cl)nc32)c(F)c1. The molecule has 0 bridgehead atoms. The molecule has 0 saturated carbocycles. The summed E-state index contributed by atoms with van der Waals surface area (Å²) in [6, 6.07) is 1.31. The maximum atomic E-state index is 13.9. The third-order valence-corrected chi connectivity index (χ3v) is 3.85. The van der Waals surface area contributed by atoms with Crippen molar-refractivity contribution in [2.24, 2.45) is 0 Å². The number of benzene rings is 1. The minimum atomic E-state index is -0.958. The summed E-state index contributed by atoms with van der Waals surface area (Å²) in [6.45, 7) is 0. The first kappa shape index (κ1) is 13.6. The highest BCUT2D eigenvalue weighted by Crippen LogP contribution is 2.41. The minimum Gasteiger partial charge on any atom is -0.222 e. The zero-order valence-electron chi connectivity index (χ0n) is 9.93. The van der Waals surface area contributed by atoms with Crippen LogP contribution in [0.3, 0.4) is 0 Å². The van der Waals surface area contributed by atoms with Gasteiger partial charge in [-0.25, -0.2) is 23.1 Å². The van der Waals surface area contributed by atoms with Crippen molar-refractivity contribution in [2.75, 3.05) is 0 Å². The van der Waals surface area contributed by atoms with E-state index in [0.717, 1.165) is 0 Å². The fourth-order valence-corrected chi connectivity index (χ4v) is 3.05. The molecule has 3 rings (SSSR count). The van der Waals surface area contributed by atoms with Gasteiger partial charge in [0.2, 0.25) is 5.28 Å². The van der Waals surface area contributed by atoms with Gasteiger partial charge in [0.05, 0.1) is 5.69 Å². The summed E-state index contributed by atoms with van der Waals surface area (Å²) in [5, 5.41) is 0.106. The molecular formula is C13H7Cl2F3N2. The predicted molar refractivity (Wildman–Crippen MR) is 68.5 cm³/mol. The lowest BCUT2D eigenvalue weighted by atomic mass is 9.95. The quantitative estimate of drug-likeness (QED) is 0.579. The molecule has 2 aromatic rings. The Kier molecular flexibility index (Phi) is 3.34. The van der Waals surface area contributed by atoms with E-state index in [1.54, 1.807) is 0 Å². The molecule has 1 aliphatic rings. The summed E-state index contributed by atoms with van der Waals surface area (Å²) in [5.74, 6) is -3.47. The number of hydrogen-bond acceptors (Lipinski definition) is 2. The highest BCUT2D eigenvalue weighted by molar-refractivity contribution is 6.32. The van der Waals surface area contributed by atoms with Gasteiger partial charge in [-0.1, -0.05) is 11.6 Å². The number of aromatic nitrogens is 2. The van der Waals surface area contributed by atoms with Crippen molar-refractivity contribution in [1.29, 1.82) is 0 Å². The molecule has 0 radical (unpaired) electrons. The Bertz CT molecular complexity index is 683. The molecule has 1 unspecified atom stereocenters. The predicted octanol–water partition coefficient (Wildman–Crippen LogP) is 4.28. The molecule has 0 saturated heterocycles. The van der Waals surface area contributed by atoms with Crippen LogP contribution in [0.25, 0.3) is 0 Å². The maximum absolute atomic E-state index is 13.9. The van der Waals surface area contributed by atoms with Crippen LogP contribution in [0, 0.1) is 17.5 Å². The standard InChI is InChI=1S/C13H7Cl2F3N2/c14-12-7-2-1-6(11(7)19-13(15)20-12)10-8(17)3-5(16)4-9(10)18/h3-4,6H,1-2H2. The van der Waals surface area contributed by atoms with Crippen LogP contribution >= 0.6 is 23.2 Å². The van der Waals surface area contributed by atoms with Gasteiger partial charge in [0.25, 0.3) is 0 Å². The Balaban J connectivity index is 2.17. The fourth-order valence-electron chi connectivity index (χ4n) is 2.56. The van der Waals surface area contributed by atoms with Crippen LogP contribution in [-0.4, -0.2) is 9.97 Å². The molecule has 2 nitrogen and oxygen atoms in total. The third kappa shape index (κ3) is 2.15. The van der Waals surface area contributed by atoms with E-state index < -0.39 is 23.4 Å². The second kappa shape index (κ2) is 4.90. The molecule has 0 N–H and O–H groups in total. The number of rotatable bonds is 1. The zero-order valence-corrected chi connectivity index (χ0v) is 11.4. The minimum absolute atomic E-state index is 0.0800. The first-order valence-corrected chi connectivity index (χ1v) is 6.59. The average Bonchev–Trinajstić information content (AvgIpc) is 2.72. The first-order chi connectivity index (χ1) is 9.47. The Hall–Kier alpha value is -1.33. The molecule has 0 spiro atoms. The van der Waals surface area contributed by atoms with Gasteiger partial charge in [-0.2, -0.15) is 0 Å². The van der Waals surface area contributed by atoms with Crippen LogP contribution in [-0.2, 0) is 6.42 Å². The van der Waals surface area contributed by atoms with Crippen LogP contribution in [0.15, 0.2) is 12.1 Å². The van der Waals surface area contributed by atoms with Crippen molar-refractivity contribution in [3.63, 3.8) is 0 Å². The summed E-state index contributed by atoms with van der Waals surface area (Å²) in [7, 11) is 0. The molecular weight excluding hydrogens is 312 g/mol. The summed E-state index contributed by atoms with van der Waals surface area (Å²) >= 11 is 11.7. The molecule has 0 amide bonds. The lowest BCUT2D eigenvalue weighted by Crippen LogP contribution is -2.06. The lowest BCUT2D eigenvalue weighted by Gasteiger charge is -2.13. The van der Waals surface area contributed by atoms with Gasteiger partial charge in [-0.05, 0) is 24.4 Å². The van der Waals surface area contributed by atoms with Gasteiger partial charge in [0.15, 0.2) is 0 Å². The Labute approximate surface area is 122 Å². The largest absolute Gasteiger partial charge is 0.224 e. The van der Waals surface area contributed by atoms with Gasteiger partial charge in [0, 0.05) is 29.2 Å². The van der Waals surface area contributed by atoms with Crippen LogP contribution in [0.5, 0.6) is 0 Å². The van der Waals surface area contributed by atoms with Gasteiger partial charge < -0.3 is 0 Å². The topological polar surface area (TPSA) is 25.8 Å². The highest BCUT2D eigenvalue weighted by atomic mass is 35.5. The van der Waals surface area contributed by atoms with E-state index in [1.165, 1.54) is 0 Å². The molecule has 1 aliphatic carbocycles. The molecule has 1 heterocycles. The molecule has 0 aliphatic heterocycles. The van der Waals surface area contributed by atoms with Crippen molar-refractivity contribution in [3.05, 3.63) is 56.8 Å². The molecule has 1 aromatic heterocycles. The number of halogens is 5. The van der Waals surface area contributed by atoms with Crippen LogP contribution in [0.1, 0.15) is 29.2 Å². The van der Waals surface area contributed by atoms with E-state index in [9.17, 15) is 13.2 Å². The monoisotopic (exact) mass is 318 g/mol. The summed E-state index contributed by atoms with van der Waals surface area (Å²) in [5.41, 5.74) is 0.819. The summed E-state index contributed by atoms with van der Waals surface area (Å²) in [4.78, 5) is 7.82. The smallest absolute Gasteiger partial charge is 0.222 e. The molecule has 20 heavy (non-hydrogen) atoms. The molecule has 7 heteroatoms. The van der Waals surface area contributed by atoms with E-state index in [2.05, 4.69) is 9.97 Å². The molecule has 104 valence electrons. The van der Waals surface area contributed by atoms with E-state index in [-0.39, 0.29) is 16.0 Å². The lowest BCUT2D eigenvalue weighted by molar-refractivity contribution is 0.510. The Morgan fingerprint density at radius 2 is 1.70 bits per heavy atom. The Morgan fingerprint density at radius 3 is 2.35 bits per heavy atom. The number of hydrogen-bond donors (Lipinski definition) is 0. The highest BCUT2D eigenvalue weighted by Gasteiger charge is 2.32. The van der Waals surface area contributed by atoms with Crippen LogP contribution in [0.2, 0.25) is 10.4 Å². The van der Waals surface area contributed by atoms with E-state index in [1.807, 2.05) is 0 Å². The van der Waals surface area contributed by atoms with E-state index in [4.69, 9.17) is 23.2 Å². The van der Waals surface area contributed by atoms with E-state index >= 15 is 0 Å². The molecule has 0 fully saturated rings. The number of nitrogens with zero attached hydrogens (tertiary/aromatic N) is 2. The summed E-state index contributed by atoms with van der Waals surface area (Å²) in [6.07, 6.45) is 0.913. The fraction of sp³-hybridized carbons (Fsp3) is 0.231. The van der Waals surface area contributed by atoms with Crippen molar-refractivity contribution in [3.8, 4) is 0 Å². The average molecular weight is 319 g/mol. The maximum Gasteiger partial charge on any atom is 0.224 e. The zero-order chi connectivity index (χ0) is 14.4. The summed E-state index contributed by atoms with van der Waals surface area (Å²) < 4.78 is 40.7. The van der Waals surface area contributed by atoms with Crippen molar-refractivity contribution >= 4 is 23.2 Å². The van der Waals surface area contributed by atoms with Gasteiger partial charge >= 0.3 is 0 Å². The van der Waals surface area contributed by atoms with E-state index in [0.29, 0.717) is 36.2 Å². The second-order valence-electron chi connectivity index (χ2n) is 4.52. The van der Waals surface area contributed by atoms with Crippen molar-refractivity contribution in [1.82, 2.24) is 9.97 Å². The van der Waals surface area contributed by atoms with Crippen LogP contribution in [0.4, 0.5) is 13.2 Å². The van der Waals surface area contributed by atoms with Gasteiger partial charge in [0.1, 0.15) is 22.6 Å². The molecule has 1 atom stereocenters. The van der Waals surface area contributed by atoms with Crippen molar-refractivity contribution < 1.29 is 13.2 Å². The van der Waals surface area contributed by atoms with Gasteiger partial charge in [-0.15, -0.1) is 0 Å². The normalized spacial score (nSPS) is 17.4. The van der Waals surface area contributed by atoms with Gasteiger partial charge in [-0.3, -0.25) is 0 Å². The second-order valence-corrected chi connectivity index (χ2v) is 5.22.